The van der Waals surface area contributed by atoms with Gasteiger partial charge in [0, 0.05) is 11.6 Å². The Morgan fingerprint density at radius 3 is 2.50 bits per heavy atom. The molecule has 0 bridgehead atoms. The molecule has 22 heavy (non-hydrogen) atoms. The minimum Gasteiger partial charge on any atom is -0.454 e. The highest BCUT2D eigenvalue weighted by molar-refractivity contribution is 6.05. The quantitative estimate of drug-likeness (QED) is 0.598. The molecule has 2 unspecified atom stereocenters. The molecule has 0 aliphatic carbocycles. The van der Waals surface area contributed by atoms with Gasteiger partial charge in [-0.05, 0) is 45.1 Å². The highest BCUT2D eigenvalue weighted by Crippen LogP contribution is 2.33. The first kappa shape index (κ1) is 16.5. The van der Waals surface area contributed by atoms with Crippen molar-refractivity contribution in [2.24, 2.45) is 10.9 Å². The van der Waals surface area contributed by atoms with Gasteiger partial charge in [0.25, 0.3) is 0 Å². The van der Waals surface area contributed by atoms with Gasteiger partial charge in [-0.2, -0.15) is 0 Å². The van der Waals surface area contributed by atoms with Gasteiger partial charge in [-0.1, -0.05) is 13.8 Å². The third kappa shape index (κ3) is 3.47. The molecule has 0 aromatic heterocycles. The van der Waals surface area contributed by atoms with Gasteiger partial charge in [0.05, 0.1) is 5.71 Å². The van der Waals surface area contributed by atoms with Gasteiger partial charge in [0.2, 0.25) is 6.79 Å². The summed E-state index contributed by atoms with van der Waals surface area (Å²) in [7, 11) is 4.00. The summed E-state index contributed by atoms with van der Waals surface area (Å²) < 4.78 is 10.8. The molecular weight excluding hydrogens is 280 g/mol. The van der Waals surface area contributed by atoms with Crippen molar-refractivity contribution in [3.8, 4) is 11.5 Å². The van der Waals surface area contributed by atoms with Crippen LogP contribution in [0, 0.1) is 5.92 Å². The fourth-order valence-corrected chi connectivity index (χ4v) is 2.22. The van der Waals surface area contributed by atoms with Crippen molar-refractivity contribution < 1.29 is 14.3 Å². The van der Waals surface area contributed by atoms with Gasteiger partial charge in [-0.3, -0.25) is 4.99 Å². The lowest BCUT2D eigenvalue weighted by atomic mass is 10.0. The third-order valence-corrected chi connectivity index (χ3v) is 3.95. The van der Waals surface area contributed by atoms with Crippen LogP contribution in [-0.4, -0.2) is 49.9 Å². The topological polar surface area (TPSA) is 51.1 Å². The maximum atomic E-state index is 11.3. The first-order valence-electron chi connectivity index (χ1n) is 7.53. The molecule has 1 aromatic rings. The maximum absolute atomic E-state index is 11.3. The van der Waals surface area contributed by atoms with E-state index in [2.05, 4.69) is 11.8 Å². The van der Waals surface area contributed by atoms with Crippen LogP contribution >= 0.6 is 0 Å². The van der Waals surface area contributed by atoms with Crippen LogP contribution in [0.5, 0.6) is 11.5 Å². The average Bonchev–Trinajstić information content (AvgIpc) is 2.94. The second-order valence-corrected chi connectivity index (χ2v) is 6.09. The van der Waals surface area contributed by atoms with Gasteiger partial charge in [0.15, 0.2) is 11.5 Å². The normalized spacial score (nSPS) is 17.0. The van der Waals surface area contributed by atoms with E-state index in [9.17, 15) is 4.79 Å². The van der Waals surface area contributed by atoms with Gasteiger partial charge in [0.1, 0.15) is 12.3 Å². The molecule has 2 atom stereocenters. The Morgan fingerprint density at radius 2 is 1.91 bits per heavy atom. The molecule has 0 saturated heterocycles. The molecule has 0 spiro atoms. The van der Waals surface area contributed by atoms with Gasteiger partial charge >= 0.3 is 0 Å². The largest absolute Gasteiger partial charge is 0.454 e. The van der Waals surface area contributed by atoms with E-state index in [4.69, 9.17) is 14.5 Å². The molecule has 0 amide bonds. The van der Waals surface area contributed by atoms with Gasteiger partial charge in [-0.15, -0.1) is 0 Å². The second kappa shape index (κ2) is 6.92. The summed E-state index contributed by atoms with van der Waals surface area (Å²) >= 11 is 0. The lowest BCUT2D eigenvalue weighted by Gasteiger charge is -2.24. The lowest BCUT2D eigenvalue weighted by molar-refractivity contribution is -0.109. The molecule has 1 heterocycles. The highest BCUT2D eigenvalue weighted by atomic mass is 16.7. The monoisotopic (exact) mass is 304 g/mol. The average molecular weight is 304 g/mol. The van der Waals surface area contributed by atoms with E-state index < -0.39 is 0 Å². The second-order valence-electron chi connectivity index (χ2n) is 6.09. The van der Waals surface area contributed by atoms with Crippen LogP contribution in [0.15, 0.2) is 23.2 Å². The Kier molecular flexibility index (Phi) is 5.19. The third-order valence-electron chi connectivity index (χ3n) is 3.95. The molecule has 0 fully saturated rings. The van der Waals surface area contributed by atoms with Crippen LogP contribution in [0.2, 0.25) is 0 Å². The molecule has 1 aliphatic rings. The van der Waals surface area contributed by atoms with Crippen LogP contribution in [0.25, 0.3) is 0 Å². The Balaban J connectivity index is 2.44. The summed E-state index contributed by atoms with van der Waals surface area (Å²) in [6.07, 6.45) is 0.917. The van der Waals surface area contributed by atoms with Crippen molar-refractivity contribution in [1.82, 2.24) is 4.90 Å². The van der Waals surface area contributed by atoms with Crippen molar-refractivity contribution in [3.05, 3.63) is 23.8 Å². The summed E-state index contributed by atoms with van der Waals surface area (Å²) in [6, 6.07) is 5.53. The number of aldehydes is 1. The number of rotatable bonds is 6. The molecule has 0 N–H and O–H groups in total. The Morgan fingerprint density at radius 1 is 1.23 bits per heavy atom. The van der Waals surface area contributed by atoms with E-state index in [-0.39, 0.29) is 24.8 Å². The minimum absolute atomic E-state index is 0.0848. The first-order valence-corrected chi connectivity index (χ1v) is 7.53. The smallest absolute Gasteiger partial charge is 0.231 e. The van der Waals surface area contributed by atoms with Crippen LogP contribution in [0.1, 0.15) is 26.3 Å². The molecule has 2 rings (SSSR count). The summed E-state index contributed by atoms with van der Waals surface area (Å²) in [5, 5.41) is 0. The molecule has 0 saturated carbocycles. The number of likely N-dealkylation sites (N-methyl/N-ethyl adjacent to an activating group) is 1. The van der Waals surface area contributed by atoms with Gasteiger partial charge < -0.3 is 19.2 Å². The summed E-state index contributed by atoms with van der Waals surface area (Å²) in [6.45, 7) is 6.32. The minimum atomic E-state index is -0.345. The molecule has 1 aromatic carbocycles. The standard InChI is InChI=1S/C17H24N2O3/c1-11(2)14(9-20)18-17(12(3)19(4)5)13-6-7-15-16(8-13)22-10-21-15/h6-9,11-12,14H,10H2,1-5H3. The zero-order valence-electron chi connectivity index (χ0n) is 13.9. The Bertz CT molecular complexity index is 567. The number of benzene rings is 1. The summed E-state index contributed by atoms with van der Waals surface area (Å²) in [5.74, 6) is 1.63. The van der Waals surface area contributed by atoms with E-state index in [0.29, 0.717) is 0 Å². The van der Waals surface area contributed by atoms with E-state index in [0.717, 1.165) is 29.1 Å². The lowest BCUT2D eigenvalue weighted by Crippen LogP contribution is -2.35. The fraction of sp³-hybridized carbons (Fsp3) is 0.529. The molecule has 5 heteroatoms. The predicted molar refractivity (Wildman–Crippen MR) is 86.9 cm³/mol. The van der Waals surface area contributed by atoms with Crippen molar-refractivity contribution >= 4 is 12.0 Å². The SMILES string of the molecule is CC(C)C(C=O)N=C(c1ccc2c(c1)OCO2)C(C)N(C)C. The van der Waals surface area contributed by atoms with Crippen molar-refractivity contribution in [2.75, 3.05) is 20.9 Å². The Hall–Kier alpha value is -1.88. The van der Waals surface area contributed by atoms with Crippen molar-refractivity contribution in [3.63, 3.8) is 0 Å². The first-order chi connectivity index (χ1) is 10.4. The Labute approximate surface area is 131 Å². The van der Waals surface area contributed by atoms with Crippen LogP contribution in [0.3, 0.4) is 0 Å². The van der Waals surface area contributed by atoms with Crippen molar-refractivity contribution in [2.45, 2.75) is 32.9 Å². The number of aliphatic imine (C=N–C) groups is 1. The highest BCUT2D eigenvalue weighted by Gasteiger charge is 2.22. The van der Waals surface area contributed by atoms with E-state index in [1.54, 1.807) is 0 Å². The molecule has 120 valence electrons. The molecule has 5 nitrogen and oxygen atoms in total. The number of hydrogen-bond acceptors (Lipinski definition) is 5. The van der Waals surface area contributed by atoms with E-state index in [1.807, 2.05) is 46.1 Å². The summed E-state index contributed by atoms with van der Waals surface area (Å²) in [4.78, 5) is 18.1. The van der Waals surface area contributed by atoms with Crippen LogP contribution in [0.4, 0.5) is 0 Å². The number of nitrogens with zero attached hydrogens (tertiary/aromatic N) is 2. The van der Waals surface area contributed by atoms with E-state index >= 15 is 0 Å². The van der Waals surface area contributed by atoms with E-state index in [1.165, 1.54) is 0 Å². The van der Waals surface area contributed by atoms with Gasteiger partial charge in [-0.25, -0.2) is 0 Å². The molecular formula is C17H24N2O3. The van der Waals surface area contributed by atoms with Crippen LogP contribution < -0.4 is 9.47 Å². The predicted octanol–water partition coefficient (Wildman–Crippen LogP) is 2.38. The number of fused-ring (bicyclic) bond motifs is 1. The number of ether oxygens (including phenoxy) is 2. The summed E-state index contributed by atoms with van der Waals surface area (Å²) in [5.41, 5.74) is 1.84. The number of carbonyl (C=O) groups excluding carboxylic acids is 1. The fourth-order valence-electron chi connectivity index (χ4n) is 2.22. The van der Waals surface area contributed by atoms with Crippen LogP contribution in [-0.2, 0) is 4.79 Å². The number of carbonyl (C=O) groups is 1. The zero-order chi connectivity index (χ0) is 16.3. The number of hydrogen-bond donors (Lipinski definition) is 0. The molecule has 0 radical (unpaired) electrons. The zero-order valence-corrected chi connectivity index (χ0v) is 13.9. The maximum Gasteiger partial charge on any atom is 0.231 e. The molecule has 1 aliphatic heterocycles. The van der Waals surface area contributed by atoms with Crippen molar-refractivity contribution in [1.29, 1.82) is 0 Å².